The summed E-state index contributed by atoms with van der Waals surface area (Å²) in [6.07, 6.45) is 1.49. The number of aromatic carboxylic acids is 1. The van der Waals surface area contributed by atoms with Crippen molar-refractivity contribution in [1.82, 2.24) is 9.97 Å². The van der Waals surface area contributed by atoms with Gasteiger partial charge in [-0.2, -0.15) is 0 Å². The zero-order valence-corrected chi connectivity index (χ0v) is 10.6. The number of rotatable bonds is 2. The maximum atomic E-state index is 13.8. The quantitative estimate of drug-likeness (QED) is 0.787. The van der Waals surface area contributed by atoms with E-state index in [1.54, 1.807) is 5.51 Å². The summed E-state index contributed by atoms with van der Waals surface area (Å²) in [5.41, 5.74) is 1.18. The second-order valence-electron chi connectivity index (χ2n) is 3.98. The number of nitrogens with zero attached hydrogens (tertiary/aromatic N) is 2. The largest absolute Gasteiger partial charge is 0.478 e. The van der Waals surface area contributed by atoms with Gasteiger partial charge >= 0.3 is 5.97 Å². The van der Waals surface area contributed by atoms with Crippen molar-refractivity contribution in [1.29, 1.82) is 0 Å². The van der Waals surface area contributed by atoms with Crippen molar-refractivity contribution < 1.29 is 18.7 Å². The molecule has 0 aliphatic carbocycles. The third kappa shape index (κ3) is 1.92. The molecule has 0 bridgehead atoms. The minimum Gasteiger partial charge on any atom is -0.478 e. The first kappa shape index (κ1) is 12.6. The maximum Gasteiger partial charge on any atom is 0.336 e. The molecule has 3 rings (SSSR count). The van der Waals surface area contributed by atoms with Gasteiger partial charge in [-0.25, -0.2) is 18.6 Å². The molecule has 0 saturated carbocycles. The monoisotopic (exact) mass is 292 g/mol. The van der Waals surface area contributed by atoms with E-state index in [0.29, 0.717) is 4.88 Å². The van der Waals surface area contributed by atoms with Gasteiger partial charge in [0.25, 0.3) is 0 Å². The fourth-order valence-electron chi connectivity index (χ4n) is 1.91. The van der Waals surface area contributed by atoms with E-state index in [1.807, 2.05) is 0 Å². The van der Waals surface area contributed by atoms with E-state index in [2.05, 4.69) is 9.97 Å². The number of aromatic nitrogens is 2. The lowest BCUT2D eigenvalue weighted by Crippen LogP contribution is -2.03. The first-order valence-electron chi connectivity index (χ1n) is 5.49. The number of hydrogen-bond donors (Lipinski definition) is 1. The van der Waals surface area contributed by atoms with Crippen molar-refractivity contribution in [3.8, 4) is 10.6 Å². The predicted molar refractivity (Wildman–Crippen MR) is 69.7 cm³/mol. The molecule has 3 aromatic rings. The van der Waals surface area contributed by atoms with Gasteiger partial charge in [0, 0.05) is 6.20 Å². The van der Waals surface area contributed by atoms with Gasteiger partial charge < -0.3 is 5.11 Å². The SMILES string of the molecule is O=C(O)c1cc(-c2cncs2)nc2c(F)ccc(F)c12. The molecule has 7 heteroatoms. The van der Waals surface area contributed by atoms with Crippen molar-refractivity contribution in [3.63, 3.8) is 0 Å². The molecule has 1 N–H and O–H groups in total. The minimum absolute atomic E-state index is 0.252. The Kier molecular flexibility index (Phi) is 2.90. The Morgan fingerprint density at radius 3 is 2.65 bits per heavy atom. The number of benzene rings is 1. The summed E-state index contributed by atoms with van der Waals surface area (Å²) in [6.45, 7) is 0. The lowest BCUT2D eigenvalue weighted by Gasteiger charge is -2.07. The third-order valence-corrected chi connectivity index (χ3v) is 3.57. The van der Waals surface area contributed by atoms with Crippen LogP contribution >= 0.6 is 11.3 Å². The van der Waals surface area contributed by atoms with Crippen LogP contribution in [0, 0.1) is 11.6 Å². The highest BCUT2D eigenvalue weighted by molar-refractivity contribution is 7.13. The van der Waals surface area contributed by atoms with E-state index in [0.717, 1.165) is 12.1 Å². The van der Waals surface area contributed by atoms with Gasteiger partial charge in [-0.15, -0.1) is 11.3 Å². The van der Waals surface area contributed by atoms with E-state index in [9.17, 15) is 18.7 Å². The van der Waals surface area contributed by atoms with E-state index < -0.39 is 17.6 Å². The molecule has 0 spiro atoms. The highest BCUT2D eigenvalue weighted by Crippen LogP contribution is 2.29. The van der Waals surface area contributed by atoms with Crippen LogP contribution in [-0.4, -0.2) is 21.0 Å². The average molecular weight is 292 g/mol. The van der Waals surface area contributed by atoms with Gasteiger partial charge in [0.2, 0.25) is 0 Å². The number of thiazole rings is 1. The summed E-state index contributed by atoms with van der Waals surface area (Å²) >= 11 is 1.23. The fourth-order valence-corrected chi connectivity index (χ4v) is 2.49. The molecule has 0 radical (unpaired) electrons. The van der Waals surface area contributed by atoms with Crippen molar-refractivity contribution in [2.75, 3.05) is 0 Å². The van der Waals surface area contributed by atoms with Crippen LogP contribution in [0.3, 0.4) is 0 Å². The van der Waals surface area contributed by atoms with E-state index >= 15 is 0 Å². The zero-order chi connectivity index (χ0) is 14.3. The summed E-state index contributed by atoms with van der Waals surface area (Å²) in [5.74, 6) is -2.93. The maximum absolute atomic E-state index is 13.8. The molecule has 2 aromatic heterocycles. The molecule has 0 amide bonds. The Bertz CT molecular complexity index is 819. The van der Waals surface area contributed by atoms with Crippen LogP contribution in [0.25, 0.3) is 21.5 Å². The van der Waals surface area contributed by atoms with Crippen molar-refractivity contribution in [2.24, 2.45) is 0 Å². The molecule has 0 saturated heterocycles. The number of halogens is 2. The topological polar surface area (TPSA) is 63.1 Å². The Labute approximate surface area is 115 Å². The number of carbonyl (C=O) groups is 1. The predicted octanol–water partition coefficient (Wildman–Crippen LogP) is 3.33. The summed E-state index contributed by atoms with van der Waals surface area (Å²) < 4.78 is 27.6. The molecule has 100 valence electrons. The molecule has 0 aliphatic rings. The summed E-state index contributed by atoms with van der Waals surface area (Å²) in [4.78, 5) is 19.7. The lowest BCUT2D eigenvalue weighted by atomic mass is 10.1. The Balaban J connectivity index is 2.43. The second kappa shape index (κ2) is 4.61. The summed E-state index contributed by atoms with van der Waals surface area (Å²) in [7, 11) is 0. The smallest absolute Gasteiger partial charge is 0.336 e. The van der Waals surface area contributed by atoms with Gasteiger partial charge in [0.15, 0.2) is 0 Å². The number of fused-ring (bicyclic) bond motifs is 1. The van der Waals surface area contributed by atoms with Crippen molar-refractivity contribution in [2.45, 2.75) is 0 Å². The first-order valence-corrected chi connectivity index (χ1v) is 6.37. The van der Waals surface area contributed by atoms with E-state index in [-0.39, 0.29) is 22.2 Å². The molecular weight excluding hydrogens is 286 g/mol. The molecule has 0 unspecified atom stereocenters. The second-order valence-corrected chi connectivity index (χ2v) is 4.87. The van der Waals surface area contributed by atoms with Gasteiger partial charge in [0.1, 0.15) is 17.2 Å². The average Bonchev–Trinajstić information content (AvgIpc) is 2.96. The normalized spacial score (nSPS) is 10.9. The Morgan fingerprint density at radius 1 is 1.25 bits per heavy atom. The van der Waals surface area contributed by atoms with Crippen LogP contribution in [0.2, 0.25) is 0 Å². The molecule has 20 heavy (non-hydrogen) atoms. The fraction of sp³-hybridized carbons (Fsp3) is 0. The van der Waals surface area contributed by atoms with Gasteiger partial charge in [-0.1, -0.05) is 0 Å². The van der Waals surface area contributed by atoms with Gasteiger partial charge in [0.05, 0.1) is 27.0 Å². The summed E-state index contributed by atoms with van der Waals surface area (Å²) in [5, 5.41) is 8.86. The van der Waals surface area contributed by atoms with Crippen LogP contribution in [0.15, 0.2) is 29.9 Å². The van der Waals surface area contributed by atoms with Crippen molar-refractivity contribution in [3.05, 3.63) is 47.1 Å². The Morgan fingerprint density at radius 2 is 2.00 bits per heavy atom. The standard InChI is InChI=1S/C13H6F2N2O2S/c14-7-1-2-8(15)12-11(7)6(13(18)19)3-9(17-12)10-4-16-5-20-10/h1-5H,(H,18,19). The van der Waals surface area contributed by atoms with Crippen LogP contribution in [-0.2, 0) is 0 Å². The van der Waals surface area contributed by atoms with Gasteiger partial charge in [-0.05, 0) is 18.2 Å². The van der Waals surface area contributed by atoms with E-state index in [1.165, 1.54) is 23.6 Å². The van der Waals surface area contributed by atoms with Gasteiger partial charge in [-0.3, -0.25) is 4.98 Å². The lowest BCUT2D eigenvalue weighted by molar-refractivity contribution is 0.0698. The van der Waals surface area contributed by atoms with E-state index in [4.69, 9.17) is 0 Å². The highest BCUT2D eigenvalue weighted by atomic mass is 32.1. The van der Waals surface area contributed by atoms with Crippen LogP contribution < -0.4 is 0 Å². The number of carboxylic acid groups (broad SMARTS) is 1. The van der Waals surface area contributed by atoms with Crippen molar-refractivity contribution >= 4 is 28.2 Å². The Hall–Kier alpha value is -2.41. The minimum atomic E-state index is -1.34. The van der Waals surface area contributed by atoms with Crippen LogP contribution in [0.4, 0.5) is 8.78 Å². The zero-order valence-electron chi connectivity index (χ0n) is 9.80. The molecule has 1 aromatic carbocycles. The number of carboxylic acids is 1. The number of hydrogen-bond acceptors (Lipinski definition) is 4. The summed E-state index contributed by atoms with van der Waals surface area (Å²) in [6, 6.07) is 3.03. The molecule has 4 nitrogen and oxygen atoms in total. The number of pyridine rings is 1. The third-order valence-electron chi connectivity index (χ3n) is 2.78. The van der Waals surface area contributed by atoms with Crippen LogP contribution in [0.1, 0.15) is 10.4 Å². The molecule has 2 heterocycles. The molecule has 0 atom stereocenters. The van der Waals surface area contributed by atoms with Crippen LogP contribution in [0.5, 0.6) is 0 Å². The molecular formula is C13H6F2N2O2S. The molecule has 0 aliphatic heterocycles. The molecule has 0 fully saturated rings. The first-order chi connectivity index (χ1) is 9.58. The highest BCUT2D eigenvalue weighted by Gasteiger charge is 2.19.